The average Bonchev–Trinajstić information content (AvgIpc) is 3.08. The van der Waals surface area contributed by atoms with Crippen molar-refractivity contribution in [3.8, 4) is 11.5 Å². The molecule has 0 unspecified atom stereocenters. The maximum Gasteiger partial charge on any atom is 0.275 e. The second-order valence-electron chi connectivity index (χ2n) is 5.48. The largest absolute Gasteiger partial charge is 0.436 e. The minimum atomic E-state index is -0.438. The van der Waals surface area contributed by atoms with Crippen LogP contribution in [0.2, 0.25) is 10.2 Å². The Morgan fingerprint density at radius 2 is 1.69 bits per heavy atom. The summed E-state index contributed by atoms with van der Waals surface area (Å²) < 4.78 is 5.73. The molecule has 1 amide bonds. The summed E-state index contributed by atoms with van der Waals surface area (Å²) in [6, 6.07) is 17.7. The molecule has 0 aliphatic rings. The van der Waals surface area contributed by atoms with Crippen LogP contribution in [-0.4, -0.2) is 15.9 Å². The van der Waals surface area contributed by atoms with Gasteiger partial charge in [0.2, 0.25) is 5.89 Å². The highest BCUT2D eigenvalue weighted by Gasteiger charge is 2.14. The molecule has 128 valence electrons. The Hall–Kier alpha value is -2.89. The van der Waals surface area contributed by atoms with Gasteiger partial charge in [0.25, 0.3) is 5.91 Å². The van der Waals surface area contributed by atoms with E-state index in [2.05, 4.69) is 15.3 Å². The van der Waals surface area contributed by atoms with Crippen molar-refractivity contribution >= 4 is 45.9 Å². The SMILES string of the molecule is O=C(Nc1ccc(-c2nc3ccccc3o2)cc1)c1nc(Cl)ccc1Cl. The Balaban J connectivity index is 1.56. The first-order valence-corrected chi connectivity index (χ1v) is 8.45. The number of oxazole rings is 1. The first-order chi connectivity index (χ1) is 12.6. The summed E-state index contributed by atoms with van der Waals surface area (Å²) in [7, 11) is 0. The van der Waals surface area contributed by atoms with E-state index in [-0.39, 0.29) is 15.9 Å². The molecule has 0 atom stereocenters. The van der Waals surface area contributed by atoms with Gasteiger partial charge in [-0.2, -0.15) is 0 Å². The fourth-order valence-corrected chi connectivity index (χ4v) is 2.80. The van der Waals surface area contributed by atoms with Crippen molar-refractivity contribution in [2.45, 2.75) is 0 Å². The molecule has 5 nitrogen and oxygen atoms in total. The first-order valence-electron chi connectivity index (χ1n) is 7.69. The van der Waals surface area contributed by atoms with Crippen LogP contribution in [0.15, 0.2) is 65.1 Å². The van der Waals surface area contributed by atoms with Crippen molar-refractivity contribution in [3.05, 3.63) is 76.5 Å². The molecule has 0 radical (unpaired) electrons. The predicted molar refractivity (Wildman–Crippen MR) is 102 cm³/mol. The van der Waals surface area contributed by atoms with E-state index in [4.69, 9.17) is 27.6 Å². The molecule has 0 saturated carbocycles. The number of fused-ring (bicyclic) bond motifs is 1. The van der Waals surface area contributed by atoms with E-state index in [1.165, 1.54) is 12.1 Å². The van der Waals surface area contributed by atoms with Crippen molar-refractivity contribution in [1.82, 2.24) is 9.97 Å². The summed E-state index contributed by atoms with van der Waals surface area (Å²) in [5.74, 6) is 0.0794. The van der Waals surface area contributed by atoms with Gasteiger partial charge in [-0.1, -0.05) is 35.3 Å². The normalized spacial score (nSPS) is 10.8. The molecule has 0 fully saturated rings. The van der Waals surface area contributed by atoms with Crippen molar-refractivity contribution in [1.29, 1.82) is 0 Å². The zero-order valence-electron chi connectivity index (χ0n) is 13.2. The second kappa shape index (κ2) is 6.78. The molecule has 7 heteroatoms. The van der Waals surface area contributed by atoms with Crippen LogP contribution >= 0.6 is 23.2 Å². The van der Waals surface area contributed by atoms with Gasteiger partial charge in [0, 0.05) is 11.3 Å². The van der Waals surface area contributed by atoms with Gasteiger partial charge < -0.3 is 9.73 Å². The Morgan fingerprint density at radius 3 is 2.46 bits per heavy atom. The third kappa shape index (κ3) is 3.27. The molecule has 0 bridgehead atoms. The quantitative estimate of drug-likeness (QED) is 0.477. The molecule has 1 N–H and O–H groups in total. The number of anilines is 1. The van der Waals surface area contributed by atoms with Gasteiger partial charge in [-0.05, 0) is 48.5 Å². The summed E-state index contributed by atoms with van der Waals surface area (Å²) in [6.45, 7) is 0. The third-order valence-electron chi connectivity index (χ3n) is 3.71. The fraction of sp³-hybridized carbons (Fsp3) is 0. The number of amides is 1. The van der Waals surface area contributed by atoms with Crippen LogP contribution in [0.4, 0.5) is 5.69 Å². The van der Waals surface area contributed by atoms with Crippen molar-refractivity contribution in [2.24, 2.45) is 0 Å². The number of carbonyl (C=O) groups is 1. The lowest BCUT2D eigenvalue weighted by atomic mass is 10.2. The number of aromatic nitrogens is 2. The Bertz CT molecular complexity index is 1070. The third-order valence-corrected chi connectivity index (χ3v) is 4.23. The Morgan fingerprint density at radius 1 is 0.923 bits per heavy atom. The number of nitrogens with zero attached hydrogens (tertiary/aromatic N) is 2. The van der Waals surface area contributed by atoms with Crippen LogP contribution in [0.3, 0.4) is 0 Å². The molecular formula is C19H11Cl2N3O2. The zero-order chi connectivity index (χ0) is 18.1. The maximum atomic E-state index is 12.3. The summed E-state index contributed by atoms with van der Waals surface area (Å²) in [4.78, 5) is 20.7. The van der Waals surface area contributed by atoms with E-state index in [1.807, 2.05) is 36.4 Å². The summed E-state index contributed by atoms with van der Waals surface area (Å²) >= 11 is 11.8. The number of nitrogens with one attached hydrogen (secondary N) is 1. The maximum absolute atomic E-state index is 12.3. The number of hydrogen-bond donors (Lipinski definition) is 1. The fourth-order valence-electron chi connectivity index (χ4n) is 2.46. The smallest absolute Gasteiger partial charge is 0.275 e. The number of pyridine rings is 1. The van der Waals surface area contributed by atoms with Crippen molar-refractivity contribution < 1.29 is 9.21 Å². The number of halogens is 2. The van der Waals surface area contributed by atoms with Crippen LogP contribution in [-0.2, 0) is 0 Å². The van der Waals surface area contributed by atoms with Gasteiger partial charge in [-0.3, -0.25) is 4.79 Å². The Labute approximate surface area is 158 Å². The standard InChI is InChI=1S/C19H11Cl2N3O2/c20-13-9-10-16(21)24-17(13)18(25)22-12-7-5-11(6-8-12)19-23-14-3-1-2-4-15(14)26-19/h1-10H,(H,22,25). The van der Waals surface area contributed by atoms with E-state index in [1.54, 1.807) is 12.1 Å². The predicted octanol–water partition coefficient (Wildman–Crippen LogP) is 5.45. The van der Waals surface area contributed by atoms with Gasteiger partial charge in [0.05, 0.1) is 5.02 Å². The zero-order valence-corrected chi connectivity index (χ0v) is 14.8. The second-order valence-corrected chi connectivity index (χ2v) is 6.28. The molecule has 4 rings (SSSR count). The van der Waals surface area contributed by atoms with E-state index in [0.717, 1.165) is 16.7 Å². The van der Waals surface area contributed by atoms with Crippen LogP contribution in [0.25, 0.3) is 22.6 Å². The number of benzene rings is 2. The molecule has 2 aromatic carbocycles. The Kier molecular flexibility index (Phi) is 4.32. The lowest BCUT2D eigenvalue weighted by molar-refractivity contribution is 0.102. The number of hydrogen-bond acceptors (Lipinski definition) is 4. The lowest BCUT2D eigenvalue weighted by Crippen LogP contribution is -2.14. The highest BCUT2D eigenvalue weighted by Crippen LogP contribution is 2.25. The van der Waals surface area contributed by atoms with Gasteiger partial charge in [0.15, 0.2) is 5.58 Å². The van der Waals surface area contributed by atoms with E-state index in [9.17, 15) is 4.79 Å². The molecule has 2 heterocycles. The lowest BCUT2D eigenvalue weighted by Gasteiger charge is -2.06. The summed E-state index contributed by atoms with van der Waals surface area (Å²) in [6.07, 6.45) is 0. The highest BCUT2D eigenvalue weighted by molar-refractivity contribution is 6.35. The van der Waals surface area contributed by atoms with Crippen LogP contribution in [0.1, 0.15) is 10.5 Å². The molecule has 2 aromatic heterocycles. The molecule has 26 heavy (non-hydrogen) atoms. The molecule has 0 aliphatic heterocycles. The van der Waals surface area contributed by atoms with Gasteiger partial charge in [-0.15, -0.1) is 0 Å². The van der Waals surface area contributed by atoms with Crippen LogP contribution < -0.4 is 5.32 Å². The van der Waals surface area contributed by atoms with Gasteiger partial charge in [-0.25, -0.2) is 9.97 Å². The van der Waals surface area contributed by atoms with E-state index in [0.29, 0.717) is 11.6 Å². The van der Waals surface area contributed by atoms with Crippen molar-refractivity contribution in [2.75, 3.05) is 5.32 Å². The number of carbonyl (C=O) groups excluding carboxylic acids is 1. The van der Waals surface area contributed by atoms with Crippen LogP contribution in [0, 0.1) is 0 Å². The van der Waals surface area contributed by atoms with Crippen LogP contribution in [0.5, 0.6) is 0 Å². The van der Waals surface area contributed by atoms with Gasteiger partial charge in [0.1, 0.15) is 16.4 Å². The molecule has 0 aliphatic carbocycles. The van der Waals surface area contributed by atoms with E-state index < -0.39 is 5.91 Å². The molecule has 4 aromatic rings. The molecule has 0 saturated heterocycles. The topological polar surface area (TPSA) is 68.0 Å². The van der Waals surface area contributed by atoms with E-state index >= 15 is 0 Å². The van der Waals surface area contributed by atoms with Crippen molar-refractivity contribution in [3.63, 3.8) is 0 Å². The summed E-state index contributed by atoms with van der Waals surface area (Å²) in [5, 5.41) is 3.17. The number of para-hydroxylation sites is 2. The highest BCUT2D eigenvalue weighted by atomic mass is 35.5. The summed E-state index contributed by atoms with van der Waals surface area (Å²) in [5.41, 5.74) is 2.98. The minimum absolute atomic E-state index is 0.0715. The molecular weight excluding hydrogens is 373 g/mol. The van der Waals surface area contributed by atoms with Gasteiger partial charge >= 0.3 is 0 Å². The average molecular weight is 384 g/mol. The molecule has 0 spiro atoms. The first kappa shape index (κ1) is 16.6. The monoisotopic (exact) mass is 383 g/mol. The number of rotatable bonds is 3. The minimum Gasteiger partial charge on any atom is -0.436 e.